The first kappa shape index (κ1) is 28.0. The van der Waals surface area contributed by atoms with Gasteiger partial charge in [0.2, 0.25) is 15.9 Å². The van der Waals surface area contributed by atoms with E-state index in [0.29, 0.717) is 41.2 Å². The highest BCUT2D eigenvalue weighted by atomic mass is 32.2. The number of carbonyl (C=O) groups excluding carboxylic acids is 2. The van der Waals surface area contributed by atoms with E-state index in [0.717, 1.165) is 22.0 Å². The molecule has 8 nitrogen and oxygen atoms in total. The molecule has 41 heavy (non-hydrogen) atoms. The number of fused-ring (bicyclic) bond motifs is 1. The second kappa shape index (κ2) is 11.9. The summed E-state index contributed by atoms with van der Waals surface area (Å²) in [7, 11) is -2.57. The number of carbonyl (C=O) groups is 2. The van der Waals surface area contributed by atoms with Crippen molar-refractivity contribution < 1.29 is 27.1 Å². The SMILES string of the molecule is COc1ccc(C(=O)N2CCc3ccc(NC(=O)CN(Cc4ccccc4)S(=O)(=O)c4ccc(F)cc4)cc32)cc1. The number of sulfonamides is 1. The third kappa shape index (κ3) is 6.29. The average Bonchev–Trinajstić information content (AvgIpc) is 3.40. The fourth-order valence-electron chi connectivity index (χ4n) is 4.69. The molecule has 0 unspecified atom stereocenters. The molecule has 0 saturated carbocycles. The Morgan fingerprint density at radius 1 is 0.951 bits per heavy atom. The molecule has 2 amide bonds. The molecule has 0 radical (unpaired) electrons. The molecule has 210 valence electrons. The zero-order valence-corrected chi connectivity index (χ0v) is 23.1. The van der Waals surface area contributed by atoms with E-state index in [1.165, 1.54) is 12.1 Å². The van der Waals surface area contributed by atoms with Crippen LogP contribution in [0, 0.1) is 5.82 Å². The molecule has 1 N–H and O–H groups in total. The zero-order chi connectivity index (χ0) is 29.0. The predicted octanol–water partition coefficient (Wildman–Crippen LogP) is 4.87. The Balaban J connectivity index is 1.35. The first-order chi connectivity index (χ1) is 19.7. The number of ether oxygens (including phenoxy) is 1. The average molecular weight is 574 g/mol. The summed E-state index contributed by atoms with van der Waals surface area (Å²) in [5, 5.41) is 2.78. The number of halogens is 1. The normalized spacial score (nSPS) is 12.7. The van der Waals surface area contributed by atoms with Crippen LogP contribution in [0.5, 0.6) is 5.75 Å². The number of rotatable bonds is 9. The van der Waals surface area contributed by atoms with Crippen LogP contribution < -0.4 is 15.0 Å². The number of methoxy groups -OCH3 is 1. The molecule has 0 bridgehead atoms. The van der Waals surface area contributed by atoms with Gasteiger partial charge in [-0.15, -0.1) is 0 Å². The maximum absolute atomic E-state index is 13.5. The summed E-state index contributed by atoms with van der Waals surface area (Å²) >= 11 is 0. The summed E-state index contributed by atoms with van der Waals surface area (Å²) in [4.78, 5) is 27.9. The quantitative estimate of drug-likeness (QED) is 0.308. The fourth-order valence-corrected chi connectivity index (χ4v) is 6.07. The van der Waals surface area contributed by atoms with Crippen LogP contribution >= 0.6 is 0 Å². The molecular weight excluding hydrogens is 545 g/mol. The second-order valence-corrected chi connectivity index (χ2v) is 11.5. The van der Waals surface area contributed by atoms with E-state index in [9.17, 15) is 22.4 Å². The van der Waals surface area contributed by atoms with Gasteiger partial charge in [0.25, 0.3) is 5.91 Å². The van der Waals surface area contributed by atoms with Crippen molar-refractivity contribution in [2.45, 2.75) is 17.9 Å². The lowest BCUT2D eigenvalue weighted by molar-refractivity contribution is -0.116. The van der Waals surface area contributed by atoms with Crippen LogP contribution in [0.1, 0.15) is 21.5 Å². The summed E-state index contributed by atoms with van der Waals surface area (Å²) < 4.78 is 46.6. The van der Waals surface area contributed by atoms with Gasteiger partial charge in [-0.25, -0.2) is 12.8 Å². The number of amides is 2. The standard InChI is InChI=1S/C31H28FN3O5S/c1-40-27-13-8-24(9-14-27)31(37)35-18-17-23-7-12-26(19-29(23)35)33-30(36)21-34(20-22-5-3-2-4-6-22)41(38,39)28-15-10-25(32)11-16-28/h2-16,19H,17-18,20-21H2,1H3,(H,33,36). The number of benzene rings is 4. The molecule has 0 spiro atoms. The maximum atomic E-state index is 13.5. The van der Waals surface area contributed by atoms with Gasteiger partial charge in [-0.1, -0.05) is 36.4 Å². The first-order valence-electron chi connectivity index (χ1n) is 12.9. The number of nitrogens with zero attached hydrogens (tertiary/aromatic N) is 2. The van der Waals surface area contributed by atoms with Crippen LogP contribution in [0.15, 0.2) is 102 Å². The molecule has 0 atom stereocenters. The third-order valence-corrected chi connectivity index (χ3v) is 8.63. The van der Waals surface area contributed by atoms with Crippen LogP contribution in [0.4, 0.5) is 15.8 Å². The molecule has 1 aliphatic rings. The van der Waals surface area contributed by atoms with Crippen molar-refractivity contribution in [3.8, 4) is 5.75 Å². The summed E-state index contributed by atoms with van der Waals surface area (Å²) in [6.45, 7) is -0.0269. The number of hydrogen-bond donors (Lipinski definition) is 1. The topological polar surface area (TPSA) is 96.0 Å². The first-order valence-corrected chi connectivity index (χ1v) is 14.4. The van der Waals surface area contributed by atoms with E-state index in [1.807, 2.05) is 12.1 Å². The number of anilines is 2. The van der Waals surface area contributed by atoms with E-state index < -0.39 is 28.3 Å². The summed E-state index contributed by atoms with van der Waals surface area (Å²) in [6, 6.07) is 25.5. The lowest BCUT2D eigenvalue weighted by Gasteiger charge is -2.22. The molecule has 4 aromatic carbocycles. The summed E-state index contributed by atoms with van der Waals surface area (Å²) in [6.07, 6.45) is 0.673. The van der Waals surface area contributed by atoms with Crippen molar-refractivity contribution in [3.63, 3.8) is 0 Å². The van der Waals surface area contributed by atoms with Crippen molar-refractivity contribution in [3.05, 3.63) is 120 Å². The highest BCUT2D eigenvalue weighted by Crippen LogP contribution is 2.32. The van der Waals surface area contributed by atoms with Gasteiger partial charge in [0.05, 0.1) is 18.6 Å². The van der Waals surface area contributed by atoms with Crippen LogP contribution in [0.3, 0.4) is 0 Å². The van der Waals surface area contributed by atoms with Crippen molar-refractivity contribution >= 4 is 33.2 Å². The Morgan fingerprint density at radius 2 is 1.66 bits per heavy atom. The Kier molecular flexibility index (Phi) is 8.14. The smallest absolute Gasteiger partial charge is 0.258 e. The van der Waals surface area contributed by atoms with Crippen LogP contribution in [0.25, 0.3) is 0 Å². The lowest BCUT2D eigenvalue weighted by Crippen LogP contribution is -2.37. The monoisotopic (exact) mass is 573 g/mol. The molecule has 1 heterocycles. The van der Waals surface area contributed by atoms with Gasteiger partial charge in [-0.2, -0.15) is 4.31 Å². The highest BCUT2D eigenvalue weighted by molar-refractivity contribution is 7.89. The van der Waals surface area contributed by atoms with Gasteiger partial charge in [0.1, 0.15) is 11.6 Å². The second-order valence-electron chi connectivity index (χ2n) is 9.54. The van der Waals surface area contributed by atoms with Crippen LogP contribution in [-0.4, -0.2) is 44.7 Å². The molecule has 10 heteroatoms. The Bertz CT molecular complexity index is 1660. The molecule has 0 aromatic heterocycles. The minimum atomic E-state index is -4.12. The molecule has 1 aliphatic heterocycles. The highest BCUT2D eigenvalue weighted by Gasteiger charge is 2.29. The van der Waals surface area contributed by atoms with Crippen molar-refractivity contribution in [1.82, 2.24) is 4.31 Å². The molecule has 4 aromatic rings. The summed E-state index contributed by atoms with van der Waals surface area (Å²) in [5.74, 6) is -0.643. The van der Waals surface area contributed by atoms with Gasteiger partial charge >= 0.3 is 0 Å². The van der Waals surface area contributed by atoms with Crippen molar-refractivity contribution in [2.75, 3.05) is 30.4 Å². The van der Waals surface area contributed by atoms with Gasteiger partial charge in [-0.3, -0.25) is 9.59 Å². The minimum Gasteiger partial charge on any atom is -0.497 e. The zero-order valence-electron chi connectivity index (χ0n) is 22.3. The molecule has 0 fully saturated rings. The predicted molar refractivity (Wildman–Crippen MR) is 154 cm³/mol. The van der Waals surface area contributed by atoms with E-state index in [4.69, 9.17) is 4.74 Å². The Hall–Kier alpha value is -4.54. The Morgan fingerprint density at radius 3 is 2.34 bits per heavy atom. The number of hydrogen-bond acceptors (Lipinski definition) is 5. The van der Waals surface area contributed by atoms with Gasteiger partial charge in [0, 0.05) is 30.0 Å². The fraction of sp³-hybridized carbons (Fsp3) is 0.161. The largest absolute Gasteiger partial charge is 0.497 e. The Labute approximate surface area is 238 Å². The van der Waals surface area contributed by atoms with Gasteiger partial charge in [0.15, 0.2) is 0 Å². The van der Waals surface area contributed by atoms with Crippen LogP contribution in [-0.2, 0) is 27.8 Å². The van der Waals surface area contributed by atoms with E-state index in [-0.39, 0.29) is 17.3 Å². The molecule has 0 saturated heterocycles. The van der Waals surface area contributed by atoms with Crippen molar-refractivity contribution in [2.24, 2.45) is 0 Å². The minimum absolute atomic E-state index is 0.0533. The van der Waals surface area contributed by atoms with E-state index in [1.54, 1.807) is 72.7 Å². The van der Waals surface area contributed by atoms with Crippen molar-refractivity contribution in [1.29, 1.82) is 0 Å². The lowest BCUT2D eigenvalue weighted by atomic mass is 10.1. The number of nitrogens with one attached hydrogen (secondary N) is 1. The maximum Gasteiger partial charge on any atom is 0.258 e. The van der Waals surface area contributed by atoms with E-state index >= 15 is 0 Å². The summed E-state index contributed by atoms with van der Waals surface area (Å²) in [5.41, 5.74) is 3.28. The van der Waals surface area contributed by atoms with Crippen LogP contribution in [0.2, 0.25) is 0 Å². The third-order valence-electron chi connectivity index (χ3n) is 6.82. The van der Waals surface area contributed by atoms with E-state index in [2.05, 4.69) is 5.32 Å². The van der Waals surface area contributed by atoms with Gasteiger partial charge < -0.3 is 15.0 Å². The molecule has 5 rings (SSSR count). The molecular formula is C31H28FN3O5S. The molecule has 0 aliphatic carbocycles. The van der Waals surface area contributed by atoms with Gasteiger partial charge in [-0.05, 0) is 78.2 Å².